The highest BCUT2D eigenvalue weighted by molar-refractivity contribution is 6.14. The summed E-state index contributed by atoms with van der Waals surface area (Å²) in [5.74, 6) is 0. The van der Waals surface area contributed by atoms with E-state index < -0.39 is 0 Å². The summed E-state index contributed by atoms with van der Waals surface area (Å²) < 4.78 is 2.43. The smallest absolute Gasteiger partial charge is 0.0547 e. The molecule has 1 nitrogen and oxygen atoms in total. The van der Waals surface area contributed by atoms with Crippen LogP contribution in [0.25, 0.3) is 60.2 Å². The van der Waals surface area contributed by atoms with Crippen LogP contribution in [0.2, 0.25) is 0 Å². The molecule has 0 amide bonds. The summed E-state index contributed by atoms with van der Waals surface area (Å²) in [6.45, 7) is 4.71. The molecule has 6 aromatic carbocycles. The van der Waals surface area contributed by atoms with Gasteiger partial charge in [0.05, 0.1) is 11.0 Å². The number of hydrogen-bond acceptors (Lipinski definition) is 0. The average Bonchev–Trinajstić information content (AvgIpc) is 3.34. The fourth-order valence-corrected chi connectivity index (χ4v) is 6.51. The zero-order valence-electron chi connectivity index (χ0n) is 20.4. The van der Waals surface area contributed by atoms with E-state index in [1.807, 2.05) is 0 Å². The summed E-state index contributed by atoms with van der Waals surface area (Å²) >= 11 is 0. The average molecular weight is 460 g/mol. The summed E-state index contributed by atoms with van der Waals surface area (Å²) in [7, 11) is 0. The topological polar surface area (TPSA) is 4.93 Å². The van der Waals surface area contributed by atoms with Crippen molar-refractivity contribution in [1.29, 1.82) is 0 Å². The summed E-state index contributed by atoms with van der Waals surface area (Å²) in [4.78, 5) is 0. The van der Waals surface area contributed by atoms with E-state index in [2.05, 4.69) is 134 Å². The SMILES string of the molecule is CC1(C)c2ccccc2-c2cc3cc4c(cc3cc21)c1ccccc1n4-c1ccc2ccccc2c1. The van der Waals surface area contributed by atoms with Crippen LogP contribution in [0.3, 0.4) is 0 Å². The molecular weight excluding hydrogens is 434 g/mol. The van der Waals surface area contributed by atoms with E-state index in [9.17, 15) is 0 Å². The third kappa shape index (κ3) is 2.55. The van der Waals surface area contributed by atoms with Crippen LogP contribution in [0, 0.1) is 0 Å². The minimum atomic E-state index is 0.00810. The quantitative estimate of drug-likeness (QED) is 0.230. The van der Waals surface area contributed by atoms with Crippen LogP contribution < -0.4 is 0 Å². The first-order valence-electron chi connectivity index (χ1n) is 12.7. The second-order valence-electron chi connectivity index (χ2n) is 10.7. The Labute approximate surface area is 210 Å². The van der Waals surface area contributed by atoms with E-state index >= 15 is 0 Å². The molecule has 0 saturated heterocycles. The number of aromatic nitrogens is 1. The monoisotopic (exact) mass is 459 g/mol. The van der Waals surface area contributed by atoms with Crippen molar-refractivity contribution in [3.63, 3.8) is 0 Å². The summed E-state index contributed by atoms with van der Waals surface area (Å²) in [6, 6.07) is 42.7. The normalized spacial score (nSPS) is 14.1. The van der Waals surface area contributed by atoms with Crippen LogP contribution in [0.4, 0.5) is 0 Å². The molecule has 0 N–H and O–H groups in total. The second kappa shape index (κ2) is 6.86. The van der Waals surface area contributed by atoms with Gasteiger partial charge in [-0.15, -0.1) is 0 Å². The number of fused-ring (bicyclic) bond motifs is 8. The van der Waals surface area contributed by atoms with Crippen molar-refractivity contribution in [2.24, 2.45) is 0 Å². The number of nitrogens with zero attached hydrogens (tertiary/aromatic N) is 1. The van der Waals surface area contributed by atoms with Crippen LogP contribution in [0.15, 0.2) is 115 Å². The third-order valence-electron chi connectivity index (χ3n) is 8.32. The highest BCUT2D eigenvalue weighted by Gasteiger charge is 2.35. The van der Waals surface area contributed by atoms with Gasteiger partial charge >= 0.3 is 0 Å². The van der Waals surface area contributed by atoms with Crippen molar-refractivity contribution in [1.82, 2.24) is 4.57 Å². The molecule has 0 fully saturated rings. The van der Waals surface area contributed by atoms with Crippen molar-refractivity contribution in [2.75, 3.05) is 0 Å². The maximum absolute atomic E-state index is 2.44. The third-order valence-corrected chi connectivity index (χ3v) is 8.32. The highest BCUT2D eigenvalue weighted by Crippen LogP contribution is 2.50. The van der Waals surface area contributed by atoms with E-state index in [1.165, 1.54) is 71.3 Å². The maximum Gasteiger partial charge on any atom is 0.0547 e. The molecule has 1 heteroatoms. The molecular formula is C35H25N. The molecule has 0 saturated carbocycles. The van der Waals surface area contributed by atoms with Gasteiger partial charge in [-0.25, -0.2) is 0 Å². The van der Waals surface area contributed by atoms with E-state index in [0.29, 0.717) is 0 Å². The lowest BCUT2D eigenvalue weighted by molar-refractivity contribution is 0.661. The molecule has 170 valence electrons. The van der Waals surface area contributed by atoms with Crippen molar-refractivity contribution in [3.8, 4) is 16.8 Å². The molecule has 1 aromatic heterocycles. The highest BCUT2D eigenvalue weighted by atomic mass is 15.0. The standard InChI is InChI=1S/C35H25N/c1-35(2)31-13-7-5-11-27(31)29-18-25-21-34-30(19-24(25)20-32(29)35)28-12-6-8-14-33(28)36(34)26-16-15-22-9-3-4-10-23(22)17-26/h3-21H,1-2H3. The van der Waals surface area contributed by atoms with E-state index in [0.717, 1.165) is 0 Å². The van der Waals surface area contributed by atoms with Gasteiger partial charge in [0.25, 0.3) is 0 Å². The van der Waals surface area contributed by atoms with Crippen LogP contribution in [-0.2, 0) is 5.41 Å². The first kappa shape index (κ1) is 19.9. The van der Waals surface area contributed by atoms with Gasteiger partial charge in [-0.2, -0.15) is 0 Å². The molecule has 0 bridgehead atoms. The Bertz CT molecular complexity index is 2020. The van der Waals surface area contributed by atoms with Gasteiger partial charge in [0.2, 0.25) is 0 Å². The Morgan fingerprint density at radius 2 is 1.22 bits per heavy atom. The zero-order valence-corrected chi connectivity index (χ0v) is 20.4. The van der Waals surface area contributed by atoms with Crippen LogP contribution in [0.1, 0.15) is 25.0 Å². The molecule has 0 unspecified atom stereocenters. The van der Waals surface area contributed by atoms with Crippen molar-refractivity contribution in [2.45, 2.75) is 19.3 Å². The molecule has 0 spiro atoms. The molecule has 1 aliphatic rings. The Balaban J connectivity index is 1.47. The van der Waals surface area contributed by atoms with Gasteiger partial charge in [0.15, 0.2) is 0 Å². The second-order valence-corrected chi connectivity index (χ2v) is 10.7. The Kier molecular flexibility index (Phi) is 3.79. The van der Waals surface area contributed by atoms with Crippen molar-refractivity contribution in [3.05, 3.63) is 126 Å². The number of rotatable bonds is 1. The minimum absolute atomic E-state index is 0.00810. The largest absolute Gasteiger partial charge is 0.309 e. The number of para-hydroxylation sites is 1. The lowest BCUT2D eigenvalue weighted by atomic mass is 9.82. The lowest BCUT2D eigenvalue weighted by Crippen LogP contribution is -2.14. The van der Waals surface area contributed by atoms with Gasteiger partial charge in [0, 0.05) is 21.9 Å². The number of benzene rings is 6. The molecule has 8 rings (SSSR count). The molecule has 36 heavy (non-hydrogen) atoms. The summed E-state index contributed by atoms with van der Waals surface area (Å²) in [5, 5.41) is 7.73. The van der Waals surface area contributed by atoms with Crippen LogP contribution in [-0.4, -0.2) is 4.57 Å². The van der Waals surface area contributed by atoms with Gasteiger partial charge in [0.1, 0.15) is 0 Å². The van der Waals surface area contributed by atoms with Gasteiger partial charge in [-0.3, -0.25) is 0 Å². The van der Waals surface area contributed by atoms with Gasteiger partial charge in [-0.1, -0.05) is 86.6 Å². The fraction of sp³-hybridized carbons (Fsp3) is 0.0857. The molecule has 1 aliphatic carbocycles. The maximum atomic E-state index is 2.44. The minimum Gasteiger partial charge on any atom is -0.309 e. The van der Waals surface area contributed by atoms with Crippen LogP contribution in [0.5, 0.6) is 0 Å². The first-order valence-corrected chi connectivity index (χ1v) is 12.7. The first-order chi connectivity index (χ1) is 17.6. The molecule has 7 aromatic rings. The van der Waals surface area contributed by atoms with Crippen molar-refractivity contribution < 1.29 is 0 Å². The van der Waals surface area contributed by atoms with Gasteiger partial charge in [-0.05, 0) is 86.3 Å². The summed E-state index contributed by atoms with van der Waals surface area (Å²) in [6.07, 6.45) is 0. The predicted octanol–water partition coefficient (Wildman–Crippen LogP) is 9.40. The molecule has 0 aliphatic heterocycles. The molecule has 1 heterocycles. The van der Waals surface area contributed by atoms with E-state index in [-0.39, 0.29) is 5.41 Å². The van der Waals surface area contributed by atoms with Crippen LogP contribution >= 0.6 is 0 Å². The Morgan fingerprint density at radius 3 is 2.14 bits per heavy atom. The van der Waals surface area contributed by atoms with E-state index in [1.54, 1.807) is 0 Å². The van der Waals surface area contributed by atoms with E-state index in [4.69, 9.17) is 0 Å². The fourth-order valence-electron chi connectivity index (χ4n) is 6.51. The molecule has 0 radical (unpaired) electrons. The Hall–Kier alpha value is -4.36. The predicted molar refractivity (Wildman–Crippen MR) is 153 cm³/mol. The van der Waals surface area contributed by atoms with Gasteiger partial charge < -0.3 is 4.57 Å². The zero-order chi connectivity index (χ0) is 24.0. The Morgan fingerprint density at radius 1 is 0.472 bits per heavy atom. The number of hydrogen-bond donors (Lipinski definition) is 0. The lowest BCUT2D eigenvalue weighted by Gasteiger charge is -2.21. The molecule has 0 atom stereocenters. The van der Waals surface area contributed by atoms with Crippen molar-refractivity contribution >= 4 is 43.4 Å². The summed E-state index contributed by atoms with van der Waals surface area (Å²) in [5.41, 5.74) is 9.30.